The number of halogens is 3. The normalized spacial score (nSPS) is 26.8. The van der Waals surface area contributed by atoms with Crippen molar-refractivity contribution in [3.8, 4) is 0 Å². The maximum atomic E-state index is 14.4. The molecule has 1 aliphatic heterocycles. The number of amides is 1. The first kappa shape index (κ1) is 22.3. The second kappa shape index (κ2) is 7.77. The first-order valence-corrected chi connectivity index (χ1v) is 9.55. The van der Waals surface area contributed by atoms with E-state index in [2.05, 4.69) is 22.0 Å². The van der Waals surface area contributed by atoms with E-state index in [-0.39, 0.29) is 56.3 Å². The van der Waals surface area contributed by atoms with Gasteiger partial charge in [0.1, 0.15) is 5.60 Å². The molecule has 1 aromatic carbocycles. The van der Waals surface area contributed by atoms with Gasteiger partial charge in [-0.25, -0.2) is 4.79 Å². The van der Waals surface area contributed by atoms with Gasteiger partial charge in [-0.3, -0.25) is 14.1 Å². The minimum absolute atomic E-state index is 0. The molecule has 3 atom stereocenters. The first-order chi connectivity index (χ1) is 11.6. The van der Waals surface area contributed by atoms with Crippen LogP contribution >= 0.6 is 27.5 Å². The minimum atomic E-state index is -0.674. The zero-order valence-electron chi connectivity index (χ0n) is 14.8. The third-order valence-corrected chi connectivity index (χ3v) is 5.52. The Hall–Kier alpha value is -0.0361. The van der Waals surface area contributed by atoms with Crippen molar-refractivity contribution < 1.29 is 51.4 Å². The summed E-state index contributed by atoms with van der Waals surface area (Å²) in [4.78, 5) is 26.4. The van der Waals surface area contributed by atoms with E-state index in [0.717, 1.165) is 0 Å². The van der Waals surface area contributed by atoms with Gasteiger partial charge in [0.05, 0.1) is 11.4 Å². The fourth-order valence-corrected chi connectivity index (χ4v) is 4.19. The van der Waals surface area contributed by atoms with E-state index in [1.807, 2.05) is 0 Å². The van der Waals surface area contributed by atoms with Crippen molar-refractivity contribution in [1.82, 2.24) is 4.90 Å². The molecule has 8 heteroatoms. The summed E-state index contributed by atoms with van der Waals surface area (Å²) in [5.41, 5.74) is -0.940. The van der Waals surface area contributed by atoms with Crippen LogP contribution in [-0.2, 0) is 47.7 Å². The molecule has 0 bridgehead atoms. The number of nitrogens with zero attached hydrogens (tertiary/aromatic N) is 1. The number of fused-ring (bicyclic) bond motifs is 1. The maximum Gasteiger partial charge on any atom is 0.410 e. The molecular formula is C18H19BrClFNO3Y-. The molecule has 1 radical (unpaired) electrons. The predicted octanol–water partition coefficient (Wildman–Crippen LogP) is 4.12. The van der Waals surface area contributed by atoms with Crippen LogP contribution in [0.4, 0.5) is 9.18 Å². The van der Waals surface area contributed by atoms with Crippen LogP contribution in [-0.4, -0.2) is 40.3 Å². The molecule has 1 amide bonds. The molecule has 4 nitrogen and oxygen atoms in total. The zero-order valence-corrected chi connectivity index (χ0v) is 20.0. The number of carbonyl (C=O) groups excluding carboxylic acids is 2. The van der Waals surface area contributed by atoms with Gasteiger partial charge in [0, 0.05) is 45.1 Å². The molecule has 26 heavy (non-hydrogen) atoms. The molecule has 2 aliphatic rings. The van der Waals surface area contributed by atoms with Crippen LogP contribution in [0.15, 0.2) is 12.1 Å². The minimum Gasteiger partial charge on any atom is -0.444 e. The summed E-state index contributed by atoms with van der Waals surface area (Å²) in [5, 5.41) is 0.446. The van der Waals surface area contributed by atoms with E-state index in [4.69, 9.17) is 16.3 Å². The molecule has 139 valence electrons. The predicted molar refractivity (Wildman–Crippen MR) is 95.6 cm³/mol. The Kier molecular flexibility index (Phi) is 6.65. The molecule has 1 aromatic rings. The van der Waals surface area contributed by atoms with Crippen LogP contribution in [0, 0.1) is 17.8 Å². The number of carbonyl (C=O) groups is 2. The molecule has 0 aromatic heterocycles. The van der Waals surface area contributed by atoms with Crippen LogP contribution in [0.1, 0.15) is 32.8 Å². The van der Waals surface area contributed by atoms with E-state index < -0.39 is 29.0 Å². The van der Waals surface area contributed by atoms with Gasteiger partial charge in [-0.15, -0.1) is 29.3 Å². The number of ketones is 1. The van der Waals surface area contributed by atoms with Crippen molar-refractivity contribution in [3.05, 3.63) is 34.6 Å². The second-order valence-electron chi connectivity index (χ2n) is 7.65. The summed E-state index contributed by atoms with van der Waals surface area (Å²) in [7, 11) is 0. The van der Waals surface area contributed by atoms with Gasteiger partial charge in [-0.2, -0.15) is 6.07 Å². The Morgan fingerprint density at radius 3 is 2.69 bits per heavy atom. The number of rotatable bonds is 3. The van der Waals surface area contributed by atoms with Gasteiger partial charge >= 0.3 is 6.09 Å². The number of Topliss-reactive ketones (excluding diaryl/α,β-unsaturated/α-hetero) is 1. The standard InChI is InChI=1S/C18H19BrClFNO3.Y/c1-17(2,3)25-16(24)22-9-18(7-12(18)15(22)14(23)8-19)11-6-10(20)4-5-13(11)21;/h4-5,12,15H,7-9H2,1-3H3;/q-1;/t12-,15?,18+;/m0./s1. The summed E-state index contributed by atoms with van der Waals surface area (Å²) < 4.78 is 19.8. The quantitative estimate of drug-likeness (QED) is 0.445. The van der Waals surface area contributed by atoms with Crippen LogP contribution in [0.2, 0.25) is 5.02 Å². The van der Waals surface area contributed by atoms with Crippen molar-refractivity contribution in [2.45, 2.75) is 44.2 Å². The van der Waals surface area contributed by atoms with Gasteiger partial charge in [0.2, 0.25) is 0 Å². The Labute approximate surface area is 191 Å². The molecule has 1 heterocycles. The van der Waals surface area contributed by atoms with E-state index in [1.165, 1.54) is 17.0 Å². The number of alkyl halides is 1. The number of hydrogen-bond donors (Lipinski definition) is 0. The number of likely N-dealkylation sites (tertiary alicyclic amines) is 1. The smallest absolute Gasteiger partial charge is 0.410 e. The Balaban J connectivity index is 0.00000243. The van der Waals surface area contributed by atoms with Crippen LogP contribution in [0.25, 0.3) is 0 Å². The van der Waals surface area contributed by atoms with Crippen molar-refractivity contribution in [2.75, 3.05) is 11.9 Å². The molecule has 0 spiro atoms. The van der Waals surface area contributed by atoms with E-state index in [1.54, 1.807) is 20.8 Å². The topological polar surface area (TPSA) is 46.6 Å². The molecule has 1 saturated heterocycles. The molecule has 3 rings (SSSR count). The average Bonchev–Trinajstić information content (AvgIpc) is 3.13. The SMILES string of the molecule is CC(C)(C)OC(=O)N1C[C@@]2(c3[c-]c(Cl)ccc3F)C[C@H]2C1C(=O)CBr.[Y]. The summed E-state index contributed by atoms with van der Waals surface area (Å²) in [6.07, 6.45) is 0.0736. The van der Waals surface area contributed by atoms with Gasteiger partial charge in [0.15, 0.2) is 5.78 Å². The summed E-state index contributed by atoms with van der Waals surface area (Å²) in [6, 6.07) is 4.99. The van der Waals surface area contributed by atoms with E-state index in [9.17, 15) is 14.0 Å². The number of benzene rings is 1. The van der Waals surface area contributed by atoms with Crippen LogP contribution in [0.3, 0.4) is 0 Å². The van der Waals surface area contributed by atoms with Crippen molar-refractivity contribution in [3.63, 3.8) is 0 Å². The molecular weight excluding hydrogens is 501 g/mol. The zero-order chi connectivity index (χ0) is 18.6. The van der Waals surface area contributed by atoms with Crippen LogP contribution in [0.5, 0.6) is 0 Å². The van der Waals surface area contributed by atoms with Crippen molar-refractivity contribution in [1.29, 1.82) is 0 Å². The summed E-state index contributed by atoms with van der Waals surface area (Å²) >= 11 is 9.16. The van der Waals surface area contributed by atoms with Crippen molar-refractivity contribution >= 4 is 39.4 Å². The summed E-state index contributed by atoms with van der Waals surface area (Å²) in [5.74, 6) is -0.671. The molecule has 1 aliphatic carbocycles. The Morgan fingerprint density at radius 2 is 2.12 bits per heavy atom. The van der Waals surface area contributed by atoms with Gasteiger partial charge in [-0.1, -0.05) is 21.0 Å². The van der Waals surface area contributed by atoms with E-state index in [0.29, 0.717) is 17.0 Å². The monoisotopic (exact) mass is 519 g/mol. The molecule has 1 unspecified atom stereocenters. The number of hydrogen-bond acceptors (Lipinski definition) is 3. The maximum absolute atomic E-state index is 14.4. The Bertz CT molecular complexity index is 742. The largest absolute Gasteiger partial charge is 0.444 e. The van der Waals surface area contributed by atoms with Gasteiger partial charge < -0.3 is 4.74 Å². The second-order valence-corrected chi connectivity index (χ2v) is 8.62. The molecule has 1 saturated carbocycles. The summed E-state index contributed by atoms with van der Waals surface area (Å²) in [6.45, 7) is 5.53. The third kappa shape index (κ3) is 4.03. The Morgan fingerprint density at radius 1 is 1.46 bits per heavy atom. The third-order valence-electron chi connectivity index (χ3n) is 4.75. The van der Waals surface area contributed by atoms with Crippen molar-refractivity contribution in [2.24, 2.45) is 5.92 Å². The molecule has 2 fully saturated rings. The molecule has 0 N–H and O–H groups in total. The van der Waals surface area contributed by atoms with Gasteiger partial charge in [0.25, 0.3) is 0 Å². The van der Waals surface area contributed by atoms with Gasteiger partial charge in [-0.05, 0) is 38.5 Å². The number of piperidine rings is 1. The fraction of sp³-hybridized carbons (Fsp3) is 0.556. The first-order valence-electron chi connectivity index (χ1n) is 8.05. The average molecular weight is 521 g/mol. The van der Waals surface area contributed by atoms with Crippen LogP contribution < -0.4 is 0 Å². The fourth-order valence-electron chi connectivity index (χ4n) is 3.70. The number of ether oxygens (including phenoxy) is 1. The van der Waals surface area contributed by atoms with E-state index >= 15 is 0 Å².